The molecule has 1 amide bonds. The molecule has 0 bridgehead atoms. The van der Waals surface area contributed by atoms with Gasteiger partial charge in [0, 0.05) is 24.4 Å². The smallest absolute Gasteiger partial charge is 0.223 e. The average molecular weight is 222 g/mol. The standard InChI is InChI=1S/C13H22N2O/c1-3-6-12(4-2)15-13(16)10-7-5-8-11(14)9-10/h1,10-12H,4-9,14H2,2H3,(H,15,16). The third-order valence-corrected chi connectivity index (χ3v) is 3.29. The first-order chi connectivity index (χ1) is 7.67. The van der Waals surface area contributed by atoms with Crippen molar-refractivity contribution in [3.63, 3.8) is 0 Å². The molecule has 0 spiro atoms. The quantitative estimate of drug-likeness (QED) is 0.707. The van der Waals surface area contributed by atoms with Crippen molar-refractivity contribution in [3.8, 4) is 12.3 Å². The van der Waals surface area contributed by atoms with Crippen LogP contribution in [-0.2, 0) is 4.79 Å². The lowest BCUT2D eigenvalue weighted by atomic mass is 9.85. The van der Waals surface area contributed by atoms with Crippen LogP contribution in [0.5, 0.6) is 0 Å². The molecule has 16 heavy (non-hydrogen) atoms. The van der Waals surface area contributed by atoms with Crippen molar-refractivity contribution in [2.45, 2.75) is 57.5 Å². The number of terminal acetylenes is 1. The van der Waals surface area contributed by atoms with E-state index < -0.39 is 0 Å². The number of nitrogens with one attached hydrogen (secondary N) is 1. The van der Waals surface area contributed by atoms with E-state index in [1.54, 1.807) is 0 Å². The second-order valence-electron chi connectivity index (χ2n) is 4.65. The van der Waals surface area contributed by atoms with Gasteiger partial charge in [0.15, 0.2) is 0 Å². The van der Waals surface area contributed by atoms with E-state index in [0.717, 1.165) is 32.1 Å². The van der Waals surface area contributed by atoms with Crippen LogP contribution in [0.15, 0.2) is 0 Å². The summed E-state index contributed by atoms with van der Waals surface area (Å²) in [5.74, 6) is 2.83. The molecule has 3 N–H and O–H groups in total. The lowest BCUT2D eigenvalue weighted by Gasteiger charge is -2.27. The summed E-state index contributed by atoms with van der Waals surface area (Å²) >= 11 is 0. The summed E-state index contributed by atoms with van der Waals surface area (Å²) in [6.07, 6.45) is 10.6. The van der Waals surface area contributed by atoms with E-state index in [0.29, 0.717) is 6.42 Å². The fourth-order valence-corrected chi connectivity index (χ4v) is 2.22. The molecule has 1 rings (SSSR count). The molecule has 1 saturated carbocycles. The number of carbonyl (C=O) groups is 1. The molecule has 0 aromatic heterocycles. The Morgan fingerprint density at radius 2 is 2.38 bits per heavy atom. The Morgan fingerprint density at radius 3 is 2.94 bits per heavy atom. The Balaban J connectivity index is 2.41. The molecule has 1 aliphatic rings. The van der Waals surface area contributed by atoms with Crippen molar-refractivity contribution < 1.29 is 4.79 Å². The summed E-state index contributed by atoms with van der Waals surface area (Å²) < 4.78 is 0. The van der Waals surface area contributed by atoms with E-state index in [1.807, 2.05) is 6.92 Å². The molecule has 0 saturated heterocycles. The first-order valence-corrected chi connectivity index (χ1v) is 6.16. The van der Waals surface area contributed by atoms with Crippen molar-refractivity contribution in [3.05, 3.63) is 0 Å². The van der Waals surface area contributed by atoms with Crippen LogP contribution in [0.1, 0.15) is 45.4 Å². The maximum atomic E-state index is 12.0. The summed E-state index contributed by atoms with van der Waals surface area (Å²) in [7, 11) is 0. The molecule has 0 aromatic rings. The Labute approximate surface area is 98.2 Å². The lowest BCUT2D eigenvalue weighted by Crippen LogP contribution is -2.42. The van der Waals surface area contributed by atoms with Crippen molar-refractivity contribution in [1.82, 2.24) is 5.32 Å². The van der Waals surface area contributed by atoms with E-state index >= 15 is 0 Å². The van der Waals surface area contributed by atoms with Gasteiger partial charge in [-0.1, -0.05) is 13.3 Å². The molecule has 1 aliphatic carbocycles. The van der Waals surface area contributed by atoms with Crippen molar-refractivity contribution >= 4 is 5.91 Å². The van der Waals surface area contributed by atoms with E-state index in [-0.39, 0.29) is 23.9 Å². The van der Waals surface area contributed by atoms with Crippen LogP contribution in [0.3, 0.4) is 0 Å². The van der Waals surface area contributed by atoms with Crippen molar-refractivity contribution in [2.24, 2.45) is 11.7 Å². The SMILES string of the molecule is C#CCC(CC)NC(=O)C1CCCC(N)C1. The van der Waals surface area contributed by atoms with Gasteiger partial charge in [-0.3, -0.25) is 4.79 Å². The van der Waals surface area contributed by atoms with Gasteiger partial charge in [-0.2, -0.15) is 0 Å². The van der Waals surface area contributed by atoms with Gasteiger partial charge in [-0.15, -0.1) is 12.3 Å². The summed E-state index contributed by atoms with van der Waals surface area (Å²) in [5.41, 5.74) is 5.87. The Bertz CT molecular complexity index is 270. The molecule has 0 heterocycles. The summed E-state index contributed by atoms with van der Waals surface area (Å²) in [4.78, 5) is 12.0. The van der Waals surface area contributed by atoms with Gasteiger partial charge in [0.05, 0.1) is 0 Å². The molecule has 0 aromatic carbocycles. The van der Waals surface area contributed by atoms with Gasteiger partial charge in [-0.05, 0) is 25.7 Å². The highest BCUT2D eigenvalue weighted by Gasteiger charge is 2.26. The highest BCUT2D eigenvalue weighted by molar-refractivity contribution is 5.79. The zero-order valence-corrected chi connectivity index (χ0v) is 10.0. The summed E-state index contributed by atoms with van der Waals surface area (Å²) in [6, 6.07) is 0.313. The van der Waals surface area contributed by atoms with E-state index in [9.17, 15) is 4.79 Å². The predicted molar refractivity (Wildman–Crippen MR) is 65.6 cm³/mol. The molecule has 0 radical (unpaired) electrons. The number of hydrogen-bond donors (Lipinski definition) is 2. The van der Waals surface area contributed by atoms with E-state index in [2.05, 4.69) is 11.2 Å². The highest BCUT2D eigenvalue weighted by atomic mass is 16.1. The lowest BCUT2D eigenvalue weighted by molar-refractivity contribution is -0.126. The second-order valence-corrected chi connectivity index (χ2v) is 4.65. The summed E-state index contributed by atoms with van der Waals surface area (Å²) in [6.45, 7) is 2.04. The van der Waals surface area contributed by atoms with Gasteiger partial charge in [0.2, 0.25) is 5.91 Å². The Morgan fingerprint density at radius 1 is 1.62 bits per heavy atom. The Hall–Kier alpha value is -1.01. The molecule has 3 unspecified atom stereocenters. The molecule has 1 fully saturated rings. The van der Waals surface area contributed by atoms with Crippen LogP contribution < -0.4 is 11.1 Å². The van der Waals surface area contributed by atoms with Crippen LogP contribution in [0, 0.1) is 18.3 Å². The minimum atomic E-state index is 0.0931. The Kier molecular flexibility index (Phi) is 5.34. The van der Waals surface area contributed by atoms with Crippen LogP contribution in [0.2, 0.25) is 0 Å². The highest BCUT2D eigenvalue weighted by Crippen LogP contribution is 2.23. The fourth-order valence-electron chi connectivity index (χ4n) is 2.22. The van der Waals surface area contributed by atoms with E-state index in [4.69, 9.17) is 12.2 Å². The maximum absolute atomic E-state index is 12.0. The zero-order valence-electron chi connectivity index (χ0n) is 10.0. The molecule has 3 atom stereocenters. The number of nitrogens with two attached hydrogens (primary N) is 1. The average Bonchev–Trinajstić information content (AvgIpc) is 2.28. The van der Waals surface area contributed by atoms with Gasteiger partial charge in [-0.25, -0.2) is 0 Å². The number of amides is 1. The first-order valence-electron chi connectivity index (χ1n) is 6.16. The summed E-state index contributed by atoms with van der Waals surface area (Å²) in [5, 5.41) is 3.02. The largest absolute Gasteiger partial charge is 0.352 e. The van der Waals surface area contributed by atoms with E-state index in [1.165, 1.54) is 0 Å². The molecular weight excluding hydrogens is 200 g/mol. The van der Waals surface area contributed by atoms with Gasteiger partial charge in [0.1, 0.15) is 0 Å². The second kappa shape index (κ2) is 6.55. The molecular formula is C13H22N2O. The van der Waals surface area contributed by atoms with Crippen molar-refractivity contribution in [2.75, 3.05) is 0 Å². The predicted octanol–water partition coefficient (Wildman–Crippen LogP) is 1.42. The topological polar surface area (TPSA) is 55.1 Å². The molecule has 3 nitrogen and oxygen atoms in total. The van der Waals surface area contributed by atoms with Crippen molar-refractivity contribution in [1.29, 1.82) is 0 Å². The fraction of sp³-hybridized carbons (Fsp3) is 0.769. The van der Waals surface area contributed by atoms with Gasteiger partial charge in [0.25, 0.3) is 0 Å². The minimum absolute atomic E-state index is 0.0931. The van der Waals surface area contributed by atoms with Gasteiger partial charge >= 0.3 is 0 Å². The molecule has 90 valence electrons. The number of hydrogen-bond acceptors (Lipinski definition) is 2. The third kappa shape index (κ3) is 3.86. The number of carbonyl (C=O) groups excluding carboxylic acids is 1. The van der Waals surface area contributed by atoms with Crippen LogP contribution in [-0.4, -0.2) is 18.0 Å². The van der Waals surface area contributed by atoms with Crippen LogP contribution in [0.4, 0.5) is 0 Å². The maximum Gasteiger partial charge on any atom is 0.223 e. The third-order valence-electron chi connectivity index (χ3n) is 3.29. The van der Waals surface area contributed by atoms with Crippen LogP contribution >= 0.6 is 0 Å². The molecule has 3 heteroatoms. The zero-order chi connectivity index (χ0) is 12.0. The van der Waals surface area contributed by atoms with Crippen LogP contribution in [0.25, 0.3) is 0 Å². The monoisotopic (exact) mass is 222 g/mol. The first kappa shape index (κ1) is 13.1. The van der Waals surface area contributed by atoms with Gasteiger partial charge < -0.3 is 11.1 Å². The minimum Gasteiger partial charge on any atom is -0.352 e. The normalized spacial score (nSPS) is 26.8. The number of rotatable bonds is 4. The molecule has 0 aliphatic heterocycles.